The third-order valence-corrected chi connectivity index (χ3v) is 6.47. The van der Waals surface area contributed by atoms with Gasteiger partial charge in [-0.3, -0.25) is 0 Å². The Labute approximate surface area is 156 Å². The Hall–Kier alpha value is -1.96. The van der Waals surface area contributed by atoms with E-state index in [1.54, 1.807) is 6.07 Å². The molecule has 2 N–H and O–H groups in total. The second kappa shape index (κ2) is 7.73. The molecule has 2 nitrogen and oxygen atoms in total. The van der Waals surface area contributed by atoms with E-state index >= 15 is 0 Å². The van der Waals surface area contributed by atoms with Gasteiger partial charge in [-0.2, -0.15) is 0 Å². The van der Waals surface area contributed by atoms with Gasteiger partial charge in [0.15, 0.2) is 0 Å². The van der Waals surface area contributed by atoms with E-state index in [9.17, 15) is 10.2 Å². The van der Waals surface area contributed by atoms with Crippen LogP contribution in [0.3, 0.4) is 0 Å². The minimum atomic E-state index is 0.355. The predicted molar refractivity (Wildman–Crippen MR) is 107 cm³/mol. The first kappa shape index (κ1) is 17.5. The Bertz CT molecular complexity index is 753. The van der Waals surface area contributed by atoms with E-state index in [4.69, 9.17) is 0 Å². The number of aromatic hydroxyl groups is 2. The van der Waals surface area contributed by atoms with Crippen molar-refractivity contribution in [3.8, 4) is 22.6 Å². The number of rotatable bonds is 3. The summed E-state index contributed by atoms with van der Waals surface area (Å²) in [5.74, 6) is 1.77. The summed E-state index contributed by atoms with van der Waals surface area (Å²) in [6.07, 6.45) is 12.4. The van der Waals surface area contributed by atoms with Crippen molar-refractivity contribution in [1.29, 1.82) is 0 Å². The van der Waals surface area contributed by atoms with E-state index in [-0.39, 0.29) is 0 Å². The van der Waals surface area contributed by atoms with Gasteiger partial charge in [0, 0.05) is 5.56 Å². The number of phenolic OH excluding ortho intramolecular Hbond substituents is 2. The van der Waals surface area contributed by atoms with Gasteiger partial charge in [0.1, 0.15) is 11.5 Å². The average Bonchev–Trinajstić information content (AvgIpc) is 2.69. The summed E-state index contributed by atoms with van der Waals surface area (Å²) in [6.45, 7) is 0. The molecule has 0 aromatic heterocycles. The number of hydrogen-bond acceptors (Lipinski definition) is 2. The zero-order chi connectivity index (χ0) is 17.9. The van der Waals surface area contributed by atoms with Crippen LogP contribution in [0.5, 0.6) is 11.5 Å². The quantitative estimate of drug-likeness (QED) is 0.635. The molecule has 2 heteroatoms. The molecule has 26 heavy (non-hydrogen) atoms. The molecule has 0 unspecified atom stereocenters. The van der Waals surface area contributed by atoms with Crippen molar-refractivity contribution in [3.05, 3.63) is 47.5 Å². The van der Waals surface area contributed by atoms with Crippen LogP contribution in [0.4, 0.5) is 0 Å². The molecule has 0 atom stereocenters. The van der Waals surface area contributed by atoms with Crippen LogP contribution in [0, 0.1) is 0 Å². The highest BCUT2D eigenvalue weighted by Crippen LogP contribution is 2.46. The lowest BCUT2D eigenvalue weighted by Crippen LogP contribution is -2.09. The van der Waals surface area contributed by atoms with Gasteiger partial charge in [0.25, 0.3) is 0 Å². The van der Waals surface area contributed by atoms with Crippen molar-refractivity contribution in [2.75, 3.05) is 0 Å². The Morgan fingerprint density at radius 2 is 1.31 bits per heavy atom. The fourth-order valence-electron chi connectivity index (χ4n) is 5.15. The van der Waals surface area contributed by atoms with Crippen LogP contribution in [0.1, 0.15) is 87.2 Å². The number of hydrogen-bond donors (Lipinski definition) is 2. The second-order valence-corrected chi connectivity index (χ2v) is 8.18. The van der Waals surface area contributed by atoms with Crippen LogP contribution < -0.4 is 0 Å². The lowest BCUT2D eigenvalue weighted by atomic mass is 9.77. The minimum Gasteiger partial charge on any atom is -0.508 e. The van der Waals surface area contributed by atoms with Crippen molar-refractivity contribution < 1.29 is 10.2 Å². The Balaban J connectivity index is 1.81. The monoisotopic (exact) mass is 350 g/mol. The van der Waals surface area contributed by atoms with E-state index in [2.05, 4.69) is 12.1 Å². The van der Waals surface area contributed by atoms with Crippen molar-refractivity contribution in [2.45, 2.75) is 76.0 Å². The fraction of sp³-hybridized carbons (Fsp3) is 0.500. The minimum absolute atomic E-state index is 0.355. The molecular weight excluding hydrogens is 320 g/mol. The van der Waals surface area contributed by atoms with E-state index in [1.165, 1.54) is 80.9 Å². The Kier molecular flexibility index (Phi) is 5.19. The highest BCUT2D eigenvalue weighted by atomic mass is 16.3. The van der Waals surface area contributed by atoms with Gasteiger partial charge in [-0.05, 0) is 72.4 Å². The van der Waals surface area contributed by atoms with Crippen molar-refractivity contribution in [1.82, 2.24) is 0 Å². The molecule has 0 saturated heterocycles. The predicted octanol–water partition coefficient (Wildman–Crippen LogP) is 6.86. The largest absolute Gasteiger partial charge is 0.508 e. The molecular formula is C24H30O2. The lowest BCUT2D eigenvalue weighted by molar-refractivity contribution is 0.415. The molecule has 0 aliphatic heterocycles. The van der Waals surface area contributed by atoms with Gasteiger partial charge in [-0.1, -0.05) is 56.7 Å². The second-order valence-electron chi connectivity index (χ2n) is 8.18. The molecule has 0 bridgehead atoms. The lowest BCUT2D eigenvalue weighted by Gasteiger charge is -2.28. The van der Waals surface area contributed by atoms with Crippen LogP contribution in [0.25, 0.3) is 11.1 Å². The fourth-order valence-corrected chi connectivity index (χ4v) is 5.15. The summed E-state index contributed by atoms with van der Waals surface area (Å²) in [5.41, 5.74) is 4.80. The van der Waals surface area contributed by atoms with Crippen molar-refractivity contribution >= 4 is 0 Å². The summed E-state index contributed by atoms with van der Waals surface area (Å²) in [7, 11) is 0. The normalized spacial score (nSPS) is 19.5. The van der Waals surface area contributed by atoms with E-state index in [1.807, 2.05) is 18.2 Å². The summed E-state index contributed by atoms with van der Waals surface area (Å²) in [6, 6.07) is 11.8. The smallest absolute Gasteiger partial charge is 0.119 e. The third kappa shape index (κ3) is 3.47. The summed E-state index contributed by atoms with van der Waals surface area (Å²) >= 11 is 0. The van der Waals surface area contributed by atoms with Crippen molar-refractivity contribution in [3.63, 3.8) is 0 Å². The van der Waals surface area contributed by atoms with E-state index in [0.29, 0.717) is 23.3 Å². The first-order valence-corrected chi connectivity index (χ1v) is 10.4. The van der Waals surface area contributed by atoms with Crippen LogP contribution in [-0.4, -0.2) is 10.2 Å². The maximum atomic E-state index is 10.7. The molecule has 138 valence electrons. The summed E-state index contributed by atoms with van der Waals surface area (Å²) < 4.78 is 0. The molecule has 0 radical (unpaired) electrons. The molecule has 2 aromatic rings. The SMILES string of the molecule is Oc1ccc(-c2cccc(O)c2C2CCCCC2)c(C2CCCCC2)c1. The van der Waals surface area contributed by atoms with Gasteiger partial charge in [-0.15, -0.1) is 0 Å². The van der Waals surface area contributed by atoms with Gasteiger partial charge in [0.2, 0.25) is 0 Å². The zero-order valence-corrected chi connectivity index (χ0v) is 15.6. The van der Waals surface area contributed by atoms with Crippen LogP contribution >= 0.6 is 0 Å². The Morgan fingerprint density at radius 1 is 0.654 bits per heavy atom. The van der Waals surface area contributed by atoms with Crippen molar-refractivity contribution in [2.24, 2.45) is 0 Å². The number of phenols is 2. The maximum Gasteiger partial charge on any atom is 0.119 e. The highest BCUT2D eigenvalue weighted by molar-refractivity contribution is 5.75. The van der Waals surface area contributed by atoms with Gasteiger partial charge in [0.05, 0.1) is 0 Å². The maximum absolute atomic E-state index is 10.7. The third-order valence-electron chi connectivity index (χ3n) is 6.47. The molecule has 2 aromatic carbocycles. The zero-order valence-electron chi connectivity index (χ0n) is 15.6. The van der Waals surface area contributed by atoms with Crippen LogP contribution in [0.2, 0.25) is 0 Å². The molecule has 2 aliphatic carbocycles. The van der Waals surface area contributed by atoms with Crippen LogP contribution in [0.15, 0.2) is 36.4 Å². The molecule has 4 rings (SSSR count). The summed E-state index contributed by atoms with van der Waals surface area (Å²) in [4.78, 5) is 0. The van der Waals surface area contributed by atoms with Gasteiger partial charge < -0.3 is 10.2 Å². The molecule has 0 heterocycles. The molecule has 2 fully saturated rings. The molecule has 0 spiro atoms. The van der Waals surface area contributed by atoms with E-state index < -0.39 is 0 Å². The van der Waals surface area contributed by atoms with Gasteiger partial charge >= 0.3 is 0 Å². The average molecular weight is 351 g/mol. The molecule has 0 amide bonds. The first-order chi connectivity index (χ1) is 12.7. The number of benzene rings is 2. The topological polar surface area (TPSA) is 40.5 Å². The standard InChI is InChI=1S/C24H30O2/c25-19-14-15-20(22(16-19)17-8-3-1-4-9-17)21-12-7-13-23(26)24(21)18-10-5-2-6-11-18/h7,12-18,25-26H,1-6,8-11H2. The van der Waals surface area contributed by atoms with Gasteiger partial charge in [-0.25, -0.2) is 0 Å². The molecule has 2 aliphatic rings. The highest BCUT2D eigenvalue weighted by Gasteiger charge is 2.25. The summed E-state index contributed by atoms with van der Waals surface area (Å²) in [5, 5.41) is 20.8. The van der Waals surface area contributed by atoms with E-state index in [0.717, 1.165) is 5.56 Å². The van der Waals surface area contributed by atoms with Crippen LogP contribution in [-0.2, 0) is 0 Å². The molecule has 2 saturated carbocycles. The Morgan fingerprint density at radius 3 is 2.00 bits per heavy atom. The first-order valence-electron chi connectivity index (χ1n) is 10.4.